The predicted octanol–water partition coefficient (Wildman–Crippen LogP) is 1.57. The average molecular weight is 284 g/mol. The Bertz CT molecular complexity index is 442. The van der Waals surface area contributed by atoms with Crippen LogP contribution in [0.15, 0.2) is 18.2 Å². The van der Waals surface area contributed by atoms with Gasteiger partial charge in [-0.2, -0.15) is 0 Å². The Balaban J connectivity index is 1.52. The zero-order valence-corrected chi connectivity index (χ0v) is 11.7. The van der Waals surface area contributed by atoms with Crippen molar-refractivity contribution in [2.75, 3.05) is 39.3 Å². The molecule has 0 unspecified atom stereocenters. The second-order valence-corrected chi connectivity index (χ2v) is 5.75. The number of nitrogens with zero attached hydrogens (tertiary/aromatic N) is 2. The highest BCUT2D eigenvalue weighted by molar-refractivity contribution is 6.30. The van der Waals surface area contributed by atoms with Crippen molar-refractivity contribution < 1.29 is 4.39 Å². The summed E-state index contributed by atoms with van der Waals surface area (Å²) >= 11 is 5.80. The van der Waals surface area contributed by atoms with Gasteiger partial charge in [0.25, 0.3) is 0 Å². The SMILES string of the molecule is Fc1c(Cl)cccc1CN1CC(N2CCNCC2)C1. The molecule has 19 heavy (non-hydrogen) atoms. The lowest BCUT2D eigenvalue weighted by Crippen LogP contribution is -2.62. The van der Waals surface area contributed by atoms with Crippen LogP contribution < -0.4 is 5.32 Å². The zero-order valence-electron chi connectivity index (χ0n) is 10.9. The molecule has 0 aliphatic carbocycles. The van der Waals surface area contributed by atoms with E-state index in [4.69, 9.17) is 11.6 Å². The van der Waals surface area contributed by atoms with Gasteiger partial charge in [-0.25, -0.2) is 4.39 Å². The highest BCUT2D eigenvalue weighted by atomic mass is 35.5. The normalized spacial score (nSPS) is 22.4. The second kappa shape index (κ2) is 5.75. The third kappa shape index (κ3) is 2.92. The van der Waals surface area contributed by atoms with E-state index >= 15 is 0 Å². The molecule has 1 aromatic rings. The van der Waals surface area contributed by atoms with Gasteiger partial charge in [0, 0.05) is 57.4 Å². The first-order valence-corrected chi connectivity index (χ1v) is 7.22. The molecule has 1 N–H and O–H groups in total. The minimum absolute atomic E-state index is 0.219. The number of likely N-dealkylation sites (tertiary alicyclic amines) is 1. The quantitative estimate of drug-likeness (QED) is 0.908. The maximum absolute atomic E-state index is 13.8. The first-order valence-electron chi connectivity index (χ1n) is 6.84. The van der Waals surface area contributed by atoms with Crippen LogP contribution in [0.25, 0.3) is 0 Å². The standard InChI is InChI=1S/C14H19ClFN3/c15-13-3-1-2-11(14(13)16)8-18-9-12(10-18)19-6-4-17-5-7-19/h1-3,12,17H,4-10H2. The summed E-state index contributed by atoms with van der Waals surface area (Å²) in [6.45, 7) is 7.15. The lowest BCUT2D eigenvalue weighted by molar-refractivity contribution is 0.0217. The van der Waals surface area contributed by atoms with Gasteiger partial charge in [0.15, 0.2) is 0 Å². The van der Waals surface area contributed by atoms with Crippen LogP contribution in [0.1, 0.15) is 5.56 Å². The van der Waals surface area contributed by atoms with Gasteiger partial charge in [-0.15, -0.1) is 0 Å². The summed E-state index contributed by atoms with van der Waals surface area (Å²) in [5, 5.41) is 3.58. The molecule has 0 atom stereocenters. The summed E-state index contributed by atoms with van der Waals surface area (Å²) in [5.41, 5.74) is 0.700. The van der Waals surface area contributed by atoms with Gasteiger partial charge in [-0.05, 0) is 6.07 Å². The molecular weight excluding hydrogens is 265 g/mol. The fraction of sp³-hybridized carbons (Fsp3) is 0.571. The lowest BCUT2D eigenvalue weighted by Gasteiger charge is -2.46. The summed E-state index contributed by atoms with van der Waals surface area (Å²) in [6.07, 6.45) is 0. The molecule has 3 nitrogen and oxygen atoms in total. The van der Waals surface area contributed by atoms with Crippen LogP contribution in [-0.4, -0.2) is 55.1 Å². The van der Waals surface area contributed by atoms with Crippen molar-refractivity contribution in [3.63, 3.8) is 0 Å². The van der Waals surface area contributed by atoms with Crippen LogP contribution >= 0.6 is 11.6 Å². The van der Waals surface area contributed by atoms with Crippen LogP contribution in [0.5, 0.6) is 0 Å². The van der Waals surface area contributed by atoms with Crippen molar-refractivity contribution in [3.05, 3.63) is 34.6 Å². The van der Waals surface area contributed by atoms with Crippen LogP contribution in [0.3, 0.4) is 0 Å². The number of nitrogens with one attached hydrogen (secondary N) is 1. The fourth-order valence-electron chi connectivity index (χ4n) is 2.86. The molecule has 2 heterocycles. The molecule has 2 aliphatic heterocycles. The topological polar surface area (TPSA) is 18.5 Å². The van der Waals surface area contributed by atoms with Gasteiger partial charge in [-0.3, -0.25) is 9.80 Å². The Hall–Kier alpha value is -0.680. The number of halogens is 2. The van der Waals surface area contributed by atoms with E-state index in [0.29, 0.717) is 18.2 Å². The monoisotopic (exact) mass is 283 g/mol. The minimum atomic E-state index is -0.269. The maximum Gasteiger partial charge on any atom is 0.146 e. The Morgan fingerprint density at radius 2 is 2.00 bits per heavy atom. The molecule has 3 rings (SSSR count). The molecule has 0 spiro atoms. The highest BCUT2D eigenvalue weighted by Gasteiger charge is 2.32. The number of rotatable bonds is 3. The Morgan fingerprint density at radius 1 is 1.26 bits per heavy atom. The smallest absolute Gasteiger partial charge is 0.146 e. The van der Waals surface area contributed by atoms with Crippen molar-refractivity contribution in [1.82, 2.24) is 15.1 Å². The molecule has 0 bridgehead atoms. The van der Waals surface area contributed by atoms with Gasteiger partial charge in [0.2, 0.25) is 0 Å². The lowest BCUT2D eigenvalue weighted by atomic mass is 10.0. The minimum Gasteiger partial charge on any atom is -0.314 e. The van der Waals surface area contributed by atoms with Gasteiger partial charge in [-0.1, -0.05) is 23.7 Å². The number of benzene rings is 1. The summed E-state index contributed by atoms with van der Waals surface area (Å²) in [5.74, 6) is -0.269. The predicted molar refractivity (Wildman–Crippen MR) is 74.9 cm³/mol. The van der Waals surface area contributed by atoms with E-state index in [-0.39, 0.29) is 10.8 Å². The molecule has 104 valence electrons. The molecule has 2 aliphatic rings. The van der Waals surface area contributed by atoms with Crippen molar-refractivity contribution in [2.24, 2.45) is 0 Å². The van der Waals surface area contributed by atoms with Crippen molar-refractivity contribution in [3.8, 4) is 0 Å². The first kappa shape index (κ1) is 13.3. The van der Waals surface area contributed by atoms with Crippen molar-refractivity contribution in [2.45, 2.75) is 12.6 Å². The number of hydrogen-bond acceptors (Lipinski definition) is 3. The van der Waals surface area contributed by atoms with Gasteiger partial charge in [0.1, 0.15) is 5.82 Å². The summed E-state index contributed by atoms with van der Waals surface area (Å²) in [6, 6.07) is 5.87. The summed E-state index contributed by atoms with van der Waals surface area (Å²) in [4.78, 5) is 4.81. The van der Waals surface area contributed by atoms with E-state index in [2.05, 4.69) is 15.1 Å². The molecule has 5 heteroatoms. The van der Waals surface area contributed by atoms with E-state index in [1.807, 2.05) is 12.1 Å². The Labute approximate surface area is 118 Å². The largest absolute Gasteiger partial charge is 0.314 e. The zero-order chi connectivity index (χ0) is 13.2. The Morgan fingerprint density at radius 3 is 2.74 bits per heavy atom. The molecule has 2 saturated heterocycles. The molecule has 2 fully saturated rings. The van der Waals surface area contributed by atoms with Crippen LogP contribution in [-0.2, 0) is 6.54 Å². The molecule has 0 radical (unpaired) electrons. The molecule has 0 saturated carbocycles. The molecule has 0 amide bonds. The third-order valence-corrected chi connectivity index (χ3v) is 4.32. The van der Waals surface area contributed by atoms with Crippen molar-refractivity contribution >= 4 is 11.6 Å². The van der Waals surface area contributed by atoms with Crippen LogP contribution in [0, 0.1) is 5.82 Å². The van der Waals surface area contributed by atoms with E-state index in [1.165, 1.54) is 0 Å². The summed E-state index contributed by atoms with van der Waals surface area (Å²) < 4.78 is 13.8. The van der Waals surface area contributed by atoms with Crippen LogP contribution in [0.2, 0.25) is 5.02 Å². The molecule has 0 aromatic heterocycles. The van der Waals surface area contributed by atoms with E-state index in [1.54, 1.807) is 6.07 Å². The van der Waals surface area contributed by atoms with Gasteiger partial charge < -0.3 is 5.32 Å². The Kier molecular flexibility index (Phi) is 4.03. The third-order valence-electron chi connectivity index (χ3n) is 4.03. The summed E-state index contributed by atoms with van der Waals surface area (Å²) in [7, 11) is 0. The van der Waals surface area contributed by atoms with Crippen molar-refractivity contribution in [1.29, 1.82) is 0 Å². The van der Waals surface area contributed by atoms with Gasteiger partial charge in [0.05, 0.1) is 5.02 Å². The van der Waals surface area contributed by atoms with E-state index in [9.17, 15) is 4.39 Å². The molecule has 1 aromatic carbocycles. The maximum atomic E-state index is 13.8. The van der Waals surface area contributed by atoms with Gasteiger partial charge >= 0.3 is 0 Å². The first-order chi connectivity index (χ1) is 9.24. The van der Waals surface area contributed by atoms with E-state index in [0.717, 1.165) is 39.3 Å². The number of hydrogen-bond donors (Lipinski definition) is 1. The average Bonchev–Trinajstić information content (AvgIpc) is 2.39. The second-order valence-electron chi connectivity index (χ2n) is 5.35. The highest BCUT2D eigenvalue weighted by Crippen LogP contribution is 2.23. The number of piperazine rings is 1. The molecular formula is C14H19ClFN3. The fourth-order valence-corrected chi connectivity index (χ4v) is 3.06. The van der Waals surface area contributed by atoms with E-state index < -0.39 is 0 Å². The van der Waals surface area contributed by atoms with Crippen LogP contribution in [0.4, 0.5) is 4.39 Å².